The molecule has 118 valence electrons. The van der Waals surface area contributed by atoms with E-state index in [0.29, 0.717) is 17.4 Å². The van der Waals surface area contributed by atoms with Gasteiger partial charge in [-0.15, -0.1) is 0 Å². The first-order valence-electron chi connectivity index (χ1n) is 9.09. The minimum atomic E-state index is -0.00142. The lowest BCUT2D eigenvalue weighted by Gasteiger charge is -2.60. The Hall–Kier alpha value is -0.570. The van der Waals surface area contributed by atoms with Crippen LogP contribution in [0.3, 0.4) is 0 Å². The third-order valence-corrected chi connectivity index (χ3v) is 6.75. The van der Waals surface area contributed by atoms with E-state index in [1.165, 1.54) is 38.5 Å². The molecule has 5 fully saturated rings. The summed E-state index contributed by atoms with van der Waals surface area (Å²) in [5, 5.41) is 6.89. The number of nitrogens with one attached hydrogen (secondary N) is 2. The zero-order valence-electron chi connectivity index (χ0n) is 13.4. The van der Waals surface area contributed by atoms with Crippen LogP contribution < -0.4 is 10.6 Å². The molecule has 1 heterocycles. The highest BCUT2D eigenvalue weighted by atomic mass is 16.2. The summed E-state index contributed by atoms with van der Waals surface area (Å²) >= 11 is 0. The number of carbonyl (C=O) groups excluding carboxylic acids is 1. The molecule has 3 heteroatoms. The minimum absolute atomic E-state index is 0.00142. The van der Waals surface area contributed by atoms with E-state index in [9.17, 15) is 4.79 Å². The van der Waals surface area contributed by atoms with E-state index in [-0.39, 0.29) is 5.41 Å². The van der Waals surface area contributed by atoms with Gasteiger partial charge in [-0.2, -0.15) is 0 Å². The molecule has 5 rings (SSSR count). The second-order valence-corrected chi connectivity index (χ2v) is 8.90. The smallest absolute Gasteiger partial charge is 0.226 e. The third kappa shape index (κ3) is 2.52. The van der Waals surface area contributed by atoms with Crippen molar-refractivity contribution in [3.05, 3.63) is 0 Å². The Morgan fingerprint density at radius 3 is 2.57 bits per heavy atom. The molecule has 1 saturated heterocycles. The molecule has 5 aliphatic rings. The minimum Gasteiger partial charge on any atom is -0.353 e. The van der Waals surface area contributed by atoms with Crippen molar-refractivity contribution in [2.75, 3.05) is 13.1 Å². The lowest BCUT2D eigenvalue weighted by atomic mass is 9.44. The molecule has 2 N–H and O–H groups in total. The van der Waals surface area contributed by atoms with Gasteiger partial charge in [-0.1, -0.05) is 6.92 Å². The molecule has 4 saturated carbocycles. The summed E-state index contributed by atoms with van der Waals surface area (Å²) in [5.41, 5.74) is 0.463. The molecular weight excluding hydrogens is 260 g/mol. The van der Waals surface area contributed by atoms with Crippen LogP contribution >= 0.6 is 0 Å². The first kappa shape index (κ1) is 14.0. The Morgan fingerprint density at radius 1 is 1.10 bits per heavy atom. The summed E-state index contributed by atoms with van der Waals surface area (Å²) in [6.07, 6.45) is 11.1. The summed E-state index contributed by atoms with van der Waals surface area (Å²) in [6, 6.07) is 0.410. The Morgan fingerprint density at radius 2 is 1.86 bits per heavy atom. The van der Waals surface area contributed by atoms with Crippen molar-refractivity contribution in [2.45, 2.75) is 70.8 Å². The molecular formula is C18H30N2O. The highest BCUT2D eigenvalue weighted by Gasteiger charge is 2.58. The molecule has 4 bridgehead atoms. The van der Waals surface area contributed by atoms with Crippen LogP contribution in [0.1, 0.15) is 64.7 Å². The molecule has 1 aliphatic heterocycles. The van der Waals surface area contributed by atoms with E-state index in [1.54, 1.807) is 0 Å². The first-order valence-corrected chi connectivity index (χ1v) is 9.09. The molecule has 3 nitrogen and oxygen atoms in total. The van der Waals surface area contributed by atoms with E-state index < -0.39 is 0 Å². The van der Waals surface area contributed by atoms with Gasteiger partial charge in [0.05, 0.1) is 5.41 Å². The molecule has 4 aliphatic carbocycles. The molecule has 3 unspecified atom stereocenters. The zero-order valence-corrected chi connectivity index (χ0v) is 13.4. The quantitative estimate of drug-likeness (QED) is 0.821. The number of carbonyl (C=O) groups is 1. The highest BCUT2D eigenvalue weighted by molar-refractivity contribution is 5.83. The molecule has 0 radical (unpaired) electrons. The first-order chi connectivity index (χ1) is 10.1. The van der Waals surface area contributed by atoms with Crippen LogP contribution in [0.25, 0.3) is 0 Å². The normalized spacial score (nSPS) is 48.9. The summed E-state index contributed by atoms with van der Waals surface area (Å²) in [5.74, 6) is 2.07. The molecule has 1 amide bonds. The van der Waals surface area contributed by atoms with Gasteiger partial charge in [-0.05, 0) is 88.1 Å². The average Bonchev–Trinajstić information content (AvgIpc) is 2.64. The Kier molecular flexibility index (Phi) is 3.33. The van der Waals surface area contributed by atoms with E-state index in [2.05, 4.69) is 17.6 Å². The molecule has 0 spiro atoms. The third-order valence-electron chi connectivity index (χ3n) is 6.75. The second kappa shape index (κ2) is 4.97. The molecule has 0 aromatic rings. The van der Waals surface area contributed by atoms with Crippen molar-refractivity contribution >= 4 is 5.91 Å². The second-order valence-electron chi connectivity index (χ2n) is 8.90. The Balaban J connectivity index is 1.48. The van der Waals surface area contributed by atoms with Gasteiger partial charge < -0.3 is 10.6 Å². The van der Waals surface area contributed by atoms with Crippen molar-refractivity contribution in [1.29, 1.82) is 0 Å². The lowest BCUT2D eigenvalue weighted by molar-refractivity contribution is -0.156. The van der Waals surface area contributed by atoms with Crippen molar-refractivity contribution in [3.8, 4) is 0 Å². The molecule has 21 heavy (non-hydrogen) atoms. The molecule has 0 aromatic heterocycles. The SMILES string of the molecule is CC12CC3CC(C1)CC(C(=O)NC1CCCNCC1)(C3)C2. The highest BCUT2D eigenvalue weighted by Crippen LogP contribution is 2.65. The van der Waals surface area contributed by atoms with Gasteiger partial charge in [0.2, 0.25) is 5.91 Å². The van der Waals surface area contributed by atoms with Crippen molar-refractivity contribution in [2.24, 2.45) is 22.7 Å². The molecule has 3 atom stereocenters. The van der Waals surface area contributed by atoms with Gasteiger partial charge in [-0.25, -0.2) is 0 Å². The van der Waals surface area contributed by atoms with Gasteiger partial charge in [-0.3, -0.25) is 4.79 Å². The topological polar surface area (TPSA) is 41.1 Å². The number of hydrogen-bond donors (Lipinski definition) is 2. The van der Waals surface area contributed by atoms with Crippen LogP contribution in [-0.2, 0) is 4.79 Å². The molecule has 0 aromatic carbocycles. The number of hydrogen-bond acceptors (Lipinski definition) is 2. The summed E-state index contributed by atoms with van der Waals surface area (Å²) in [7, 11) is 0. The monoisotopic (exact) mass is 290 g/mol. The van der Waals surface area contributed by atoms with Gasteiger partial charge in [0.25, 0.3) is 0 Å². The van der Waals surface area contributed by atoms with Crippen LogP contribution in [0.15, 0.2) is 0 Å². The van der Waals surface area contributed by atoms with Gasteiger partial charge >= 0.3 is 0 Å². The van der Waals surface area contributed by atoms with Crippen molar-refractivity contribution < 1.29 is 4.79 Å². The van der Waals surface area contributed by atoms with E-state index >= 15 is 0 Å². The summed E-state index contributed by atoms with van der Waals surface area (Å²) < 4.78 is 0. The summed E-state index contributed by atoms with van der Waals surface area (Å²) in [6.45, 7) is 4.61. The Bertz CT molecular complexity index is 411. The van der Waals surface area contributed by atoms with Crippen LogP contribution in [0.2, 0.25) is 0 Å². The fraction of sp³-hybridized carbons (Fsp3) is 0.944. The maximum absolute atomic E-state index is 13.1. The fourth-order valence-electron chi connectivity index (χ4n) is 6.49. The zero-order chi connectivity index (χ0) is 14.5. The fourth-order valence-corrected chi connectivity index (χ4v) is 6.49. The van der Waals surface area contributed by atoms with Crippen molar-refractivity contribution in [3.63, 3.8) is 0 Å². The predicted octanol–water partition coefficient (Wildman–Crippen LogP) is 2.85. The van der Waals surface area contributed by atoms with Crippen LogP contribution in [-0.4, -0.2) is 25.0 Å². The van der Waals surface area contributed by atoms with Gasteiger partial charge in [0.1, 0.15) is 0 Å². The maximum atomic E-state index is 13.1. The van der Waals surface area contributed by atoms with Crippen LogP contribution in [0.5, 0.6) is 0 Å². The Labute approximate surface area is 128 Å². The van der Waals surface area contributed by atoms with E-state index in [4.69, 9.17) is 0 Å². The maximum Gasteiger partial charge on any atom is 0.226 e. The number of amides is 1. The average molecular weight is 290 g/mol. The van der Waals surface area contributed by atoms with Crippen LogP contribution in [0.4, 0.5) is 0 Å². The van der Waals surface area contributed by atoms with Crippen LogP contribution in [0, 0.1) is 22.7 Å². The van der Waals surface area contributed by atoms with E-state index in [0.717, 1.165) is 44.2 Å². The summed E-state index contributed by atoms with van der Waals surface area (Å²) in [4.78, 5) is 13.1. The van der Waals surface area contributed by atoms with Crippen molar-refractivity contribution in [1.82, 2.24) is 10.6 Å². The largest absolute Gasteiger partial charge is 0.353 e. The van der Waals surface area contributed by atoms with E-state index in [1.807, 2.05) is 0 Å². The predicted molar refractivity (Wildman–Crippen MR) is 83.9 cm³/mol. The van der Waals surface area contributed by atoms with Gasteiger partial charge in [0, 0.05) is 6.04 Å². The lowest BCUT2D eigenvalue weighted by Crippen LogP contribution is -2.58. The van der Waals surface area contributed by atoms with Gasteiger partial charge in [0.15, 0.2) is 0 Å². The number of rotatable bonds is 2. The standard InChI is InChI=1S/C18H30N2O/c1-17-8-13-7-14(9-17)11-18(10-13,12-17)16(21)20-15-3-2-5-19-6-4-15/h13-15,19H,2-12H2,1H3,(H,20,21).